The van der Waals surface area contributed by atoms with Gasteiger partial charge in [-0.2, -0.15) is 11.8 Å². The number of hydrogen-bond donors (Lipinski definition) is 1. The van der Waals surface area contributed by atoms with Gasteiger partial charge >= 0.3 is 0 Å². The molecule has 2 aliphatic rings. The second kappa shape index (κ2) is 6.60. The second-order valence-corrected chi connectivity index (χ2v) is 6.98. The quantitative estimate of drug-likeness (QED) is 0.835. The standard InChI is InChI=1S/C14H27NO2S/c1-11(16-2)3-4-13(15)12-5-7-17-14(9-12)6-8-18-10-14/h11-13H,3-10,15H2,1-2H3. The Morgan fingerprint density at radius 3 is 3.00 bits per heavy atom. The Hall–Kier alpha value is 0.230. The van der Waals surface area contributed by atoms with Gasteiger partial charge in [-0.15, -0.1) is 0 Å². The van der Waals surface area contributed by atoms with Gasteiger partial charge < -0.3 is 15.2 Å². The van der Waals surface area contributed by atoms with E-state index >= 15 is 0 Å². The molecule has 4 unspecified atom stereocenters. The van der Waals surface area contributed by atoms with Crippen LogP contribution in [0.3, 0.4) is 0 Å². The molecule has 0 aromatic rings. The highest BCUT2D eigenvalue weighted by Crippen LogP contribution is 2.41. The van der Waals surface area contributed by atoms with Crippen molar-refractivity contribution in [1.82, 2.24) is 0 Å². The second-order valence-electron chi connectivity index (χ2n) is 5.87. The summed E-state index contributed by atoms with van der Waals surface area (Å²) in [5.74, 6) is 3.06. The maximum absolute atomic E-state index is 6.38. The molecule has 2 saturated heterocycles. The Morgan fingerprint density at radius 1 is 1.50 bits per heavy atom. The summed E-state index contributed by atoms with van der Waals surface area (Å²) in [6.07, 6.45) is 5.99. The Morgan fingerprint density at radius 2 is 2.33 bits per heavy atom. The predicted molar refractivity (Wildman–Crippen MR) is 77.0 cm³/mol. The summed E-state index contributed by atoms with van der Waals surface area (Å²) < 4.78 is 11.4. The van der Waals surface area contributed by atoms with Crippen LogP contribution in [0.1, 0.15) is 39.0 Å². The lowest BCUT2D eigenvalue weighted by atomic mass is 9.80. The van der Waals surface area contributed by atoms with Gasteiger partial charge in [0.2, 0.25) is 0 Å². The fraction of sp³-hybridized carbons (Fsp3) is 1.00. The average Bonchev–Trinajstić information content (AvgIpc) is 2.83. The van der Waals surface area contributed by atoms with E-state index < -0.39 is 0 Å². The molecule has 2 heterocycles. The van der Waals surface area contributed by atoms with Crippen LogP contribution >= 0.6 is 11.8 Å². The summed E-state index contributed by atoms with van der Waals surface area (Å²) in [4.78, 5) is 0. The molecule has 18 heavy (non-hydrogen) atoms. The highest BCUT2D eigenvalue weighted by atomic mass is 32.2. The van der Waals surface area contributed by atoms with Crippen LogP contribution in [-0.2, 0) is 9.47 Å². The minimum atomic E-state index is 0.165. The number of ether oxygens (including phenoxy) is 2. The first kappa shape index (κ1) is 14.6. The van der Waals surface area contributed by atoms with Crippen molar-refractivity contribution in [3.05, 3.63) is 0 Å². The van der Waals surface area contributed by atoms with E-state index in [1.807, 2.05) is 11.8 Å². The minimum Gasteiger partial charge on any atom is -0.382 e. The van der Waals surface area contributed by atoms with Crippen molar-refractivity contribution in [3.8, 4) is 0 Å². The molecule has 0 radical (unpaired) electrons. The Balaban J connectivity index is 1.80. The summed E-state index contributed by atoms with van der Waals surface area (Å²) >= 11 is 2.03. The summed E-state index contributed by atoms with van der Waals surface area (Å²) in [7, 11) is 1.77. The third-order valence-corrected chi connectivity index (χ3v) is 5.74. The highest BCUT2D eigenvalue weighted by molar-refractivity contribution is 7.99. The SMILES string of the molecule is COC(C)CCC(N)C1CCOC2(CCSC2)C1. The molecule has 3 nitrogen and oxygen atoms in total. The maximum atomic E-state index is 6.38. The highest BCUT2D eigenvalue weighted by Gasteiger charge is 2.41. The predicted octanol–water partition coefficient (Wildman–Crippen LogP) is 2.43. The van der Waals surface area contributed by atoms with Crippen molar-refractivity contribution in [1.29, 1.82) is 0 Å². The normalized spacial score (nSPS) is 35.8. The van der Waals surface area contributed by atoms with Crippen molar-refractivity contribution < 1.29 is 9.47 Å². The minimum absolute atomic E-state index is 0.165. The van der Waals surface area contributed by atoms with E-state index in [9.17, 15) is 0 Å². The molecule has 0 aromatic carbocycles. The Kier molecular flexibility index (Phi) is 5.36. The van der Waals surface area contributed by atoms with Gasteiger partial charge in [0.15, 0.2) is 0 Å². The third kappa shape index (κ3) is 3.62. The molecule has 2 rings (SSSR count). The molecule has 4 atom stereocenters. The van der Waals surface area contributed by atoms with E-state index in [2.05, 4.69) is 6.92 Å². The number of thioether (sulfide) groups is 1. The van der Waals surface area contributed by atoms with Crippen LogP contribution in [0, 0.1) is 5.92 Å². The van der Waals surface area contributed by atoms with Crippen LogP contribution in [0.4, 0.5) is 0 Å². The molecule has 2 fully saturated rings. The molecule has 1 spiro atoms. The summed E-state index contributed by atoms with van der Waals surface area (Å²) in [5.41, 5.74) is 6.55. The molecule has 2 aliphatic heterocycles. The third-order valence-electron chi connectivity index (χ3n) is 4.51. The number of rotatable bonds is 5. The molecule has 0 aliphatic carbocycles. The van der Waals surface area contributed by atoms with Gasteiger partial charge in [0, 0.05) is 25.5 Å². The average molecular weight is 273 g/mol. The zero-order valence-electron chi connectivity index (χ0n) is 11.7. The van der Waals surface area contributed by atoms with Crippen molar-refractivity contribution >= 4 is 11.8 Å². The van der Waals surface area contributed by atoms with Crippen molar-refractivity contribution in [2.45, 2.75) is 56.8 Å². The number of methoxy groups -OCH3 is 1. The van der Waals surface area contributed by atoms with Crippen LogP contribution in [0.5, 0.6) is 0 Å². The topological polar surface area (TPSA) is 44.5 Å². The van der Waals surface area contributed by atoms with Crippen LogP contribution in [0.2, 0.25) is 0 Å². The van der Waals surface area contributed by atoms with Crippen LogP contribution in [0.25, 0.3) is 0 Å². The van der Waals surface area contributed by atoms with E-state index in [0.29, 0.717) is 18.1 Å². The van der Waals surface area contributed by atoms with Crippen LogP contribution < -0.4 is 5.73 Å². The molecular formula is C14H27NO2S. The van der Waals surface area contributed by atoms with Gasteiger partial charge in [-0.25, -0.2) is 0 Å². The van der Waals surface area contributed by atoms with E-state index in [1.165, 1.54) is 24.3 Å². The van der Waals surface area contributed by atoms with Gasteiger partial charge in [0.05, 0.1) is 11.7 Å². The van der Waals surface area contributed by atoms with E-state index in [0.717, 1.165) is 25.9 Å². The zero-order valence-corrected chi connectivity index (χ0v) is 12.5. The summed E-state index contributed by atoms with van der Waals surface area (Å²) in [6.45, 7) is 3.02. The smallest absolute Gasteiger partial charge is 0.0783 e. The van der Waals surface area contributed by atoms with Gasteiger partial charge in [-0.3, -0.25) is 0 Å². The molecular weight excluding hydrogens is 246 g/mol. The number of nitrogens with two attached hydrogens (primary N) is 1. The molecule has 0 amide bonds. The van der Waals surface area contributed by atoms with Crippen molar-refractivity contribution in [3.63, 3.8) is 0 Å². The van der Waals surface area contributed by atoms with Crippen molar-refractivity contribution in [2.75, 3.05) is 25.2 Å². The largest absolute Gasteiger partial charge is 0.382 e. The first-order chi connectivity index (χ1) is 8.65. The maximum Gasteiger partial charge on any atom is 0.0783 e. The lowest BCUT2D eigenvalue weighted by Crippen LogP contribution is -2.45. The van der Waals surface area contributed by atoms with Crippen LogP contribution in [-0.4, -0.2) is 43.0 Å². The fourth-order valence-corrected chi connectivity index (χ4v) is 4.45. The van der Waals surface area contributed by atoms with E-state index in [-0.39, 0.29) is 5.60 Å². The first-order valence-electron chi connectivity index (χ1n) is 7.15. The molecule has 2 N–H and O–H groups in total. The summed E-state index contributed by atoms with van der Waals surface area (Å²) in [6, 6.07) is 0.314. The first-order valence-corrected chi connectivity index (χ1v) is 8.31. The van der Waals surface area contributed by atoms with Gasteiger partial charge in [0.1, 0.15) is 0 Å². The number of hydrogen-bond acceptors (Lipinski definition) is 4. The Bertz CT molecular complexity index is 256. The van der Waals surface area contributed by atoms with Crippen molar-refractivity contribution in [2.24, 2.45) is 11.7 Å². The van der Waals surface area contributed by atoms with Crippen LogP contribution in [0.15, 0.2) is 0 Å². The van der Waals surface area contributed by atoms with Gasteiger partial charge in [0.25, 0.3) is 0 Å². The van der Waals surface area contributed by atoms with Gasteiger partial charge in [-0.05, 0) is 50.7 Å². The van der Waals surface area contributed by atoms with E-state index in [1.54, 1.807) is 7.11 Å². The molecule has 0 saturated carbocycles. The zero-order chi connectivity index (χ0) is 13.0. The lowest BCUT2D eigenvalue weighted by Gasteiger charge is -2.40. The Labute approximate surface area is 115 Å². The monoisotopic (exact) mass is 273 g/mol. The summed E-state index contributed by atoms with van der Waals surface area (Å²) in [5, 5.41) is 0. The molecule has 106 valence electrons. The molecule has 0 aromatic heterocycles. The van der Waals surface area contributed by atoms with E-state index in [4.69, 9.17) is 15.2 Å². The van der Waals surface area contributed by atoms with Gasteiger partial charge in [-0.1, -0.05) is 0 Å². The molecule has 0 bridgehead atoms. The molecule has 4 heteroatoms. The lowest BCUT2D eigenvalue weighted by molar-refractivity contribution is -0.0839. The fourth-order valence-electron chi connectivity index (χ4n) is 3.08.